The summed E-state index contributed by atoms with van der Waals surface area (Å²) in [6.45, 7) is 15.6. The van der Waals surface area contributed by atoms with Gasteiger partial charge in [-0.1, -0.05) is 34.6 Å². The zero-order valence-electron chi connectivity index (χ0n) is 15.5. The molecule has 0 amide bonds. The van der Waals surface area contributed by atoms with E-state index in [1.165, 1.54) is 19.3 Å². The fourth-order valence-electron chi connectivity index (χ4n) is 3.88. The first-order valence-electron chi connectivity index (χ1n) is 8.92. The summed E-state index contributed by atoms with van der Waals surface area (Å²) in [6, 6.07) is 0. The van der Waals surface area contributed by atoms with Gasteiger partial charge in [0.25, 0.3) is 0 Å². The second-order valence-corrected chi connectivity index (χ2v) is 8.00. The second-order valence-electron chi connectivity index (χ2n) is 8.00. The Bertz CT molecular complexity index is 320. The van der Waals surface area contributed by atoms with Crippen LogP contribution in [0.4, 0.5) is 0 Å². The fraction of sp³-hybridized carbons (Fsp3) is 1.00. The van der Waals surface area contributed by atoms with Gasteiger partial charge in [0.15, 0.2) is 5.79 Å². The van der Waals surface area contributed by atoms with Crippen LogP contribution in [-0.2, 0) is 9.47 Å². The van der Waals surface area contributed by atoms with Crippen LogP contribution in [0.2, 0.25) is 0 Å². The predicted octanol–water partition coefficient (Wildman–Crippen LogP) is 4.23. The molecule has 4 nitrogen and oxygen atoms in total. The summed E-state index contributed by atoms with van der Waals surface area (Å²) in [5.74, 6) is 0.555. The zero-order chi connectivity index (χ0) is 15.5. The van der Waals surface area contributed by atoms with Crippen molar-refractivity contribution >= 4 is 0 Å². The Morgan fingerprint density at radius 1 is 1.14 bits per heavy atom. The molecule has 0 aromatic carbocycles. The van der Waals surface area contributed by atoms with E-state index in [1.807, 2.05) is 0 Å². The largest absolute Gasteiger partial charge is 0.347 e. The van der Waals surface area contributed by atoms with Crippen molar-refractivity contribution in [2.24, 2.45) is 11.3 Å². The first-order valence-corrected chi connectivity index (χ1v) is 8.92. The monoisotopic (exact) mass is 314 g/mol. The normalized spacial score (nSPS) is 32.5. The topological polar surface area (TPSA) is 56.7 Å². The second kappa shape index (κ2) is 8.09. The van der Waals surface area contributed by atoms with Crippen molar-refractivity contribution in [3.63, 3.8) is 0 Å². The molecule has 3 N–H and O–H groups in total. The standard InChI is InChI=1S/C18H35NO2.H3N/c1-6-12-19(7-2)13-16-14-20-18(21-16)10-8-15(9-11-18)17(3,4)5;/h15-16H,6-14H2,1-5H3;1H3. The lowest BCUT2D eigenvalue weighted by molar-refractivity contribution is -0.197. The van der Waals surface area contributed by atoms with Crippen molar-refractivity contribution in [3.05, 3.63) is 0 Å². The molecule has 1 aliphatic carbocycles. The van der Waals surface area contributed by atoms with Crippen LogP contribution in [0, 0.1) is 11.3 Å². The average Bonchev–Trinajstić information content (AvgIpc) is 2.80. The van der Waals surface area contributed by atoms with Gasteiger partial charge in [0.05, 0.1) is 12.7 Å². The molecule has 1 saturated heterocycles. The molecule has 0 aromatic heterocycles. The molecule has 0 radical (unpaired) electrons. The molecular formula is C18H38N2O2. The fourth-order valence-corrected chi connectivity index (χ4v) is 3.88. The van der Waals surface area contributed by atoms with Gasteiger partial charge < -0.3 is 20.5 Å². The molecule has 2 rings (SSSR count). The molecule has 1 unspecified atom stereocenters. The highest BCUT2D eigenvalue weighted by Crippen LogP contribution is 2.45. The molecule has 2 fully saturated rings. The number of ether oxygens (including phenoxy) is 2. The zero-order valence-corrected chi connectivity index (χ0v) is 15.5. The van der Waals surface area contributed by atoms with Crippen molar-refractivity contribution in [3.8, 4) is 0 Å². The van der Waals surface area contributed by atoms with Crippen LogP contribution in [0.25, 0.3) is 0 Å². The molecule has 2 aliphatic rings. The molecule has 1 heterocycles. The Morgan fingerprint density at radius 2 is 1.77 bits per heavy atom. The number of hydrogen-bond donors (Lipinski definition) is 1. The Hall–Kier alpha value is -0.160. The smallest absolute Gasteiger partial charge is 0.168 e. The van der Waals surface area contributed by atoms with E-state index in [0.717, 1.165) is 45.0 Å². The van der Waals surface area contributed by atoms with Crippen LogP contribution in [0.15, 0.2) is 0 Å². The summed E-state index contributed by atoms with van der Waals surface area (Å²) in [5, 5.41) is 0. The van der Waals surface area contributed by atoms with Crippen molar-refractivity contribution < 1.29 is 9.47 Å². The summed E-state index contributed by atoms with van der Waals surface area (Å²) in [4.78, 5) is 2.48. The van der Waals surface area contributed by atoms with Crippen molar-refractivity contribution in [2.45, 2.75) is 78.6 Å². The molecular weight excluding hydrogens is 276 g/mol. The molecule has 1 aliphatic heterocycles. The van der Waals surface area contributed by atoms with Crippen LogP contribution in [0.3, 0.4) is 0 Å². The molecule has 0 bridgehead atoms. The Balaban J connectivity index is 0.00000242. The first kappa shape index (κ1) is 19.9. The highest BCUT2D eigenvalue weighted by atomic mass is 16.7. The van der Waals surface area contributed by atoms with Gasteiger partial charge in [-0.2, -0.15) is 0 Å². The maximum Gasteiger partial charge on any atom is 0.168 e. The minimum Gasteiger partial charge on any atom is -0.347 e. The maximum atomic E-state index is 6.37. The minimum atomic E-state index is -0.252. The summed E-state index contributed by atoms with van der Waals surface area (Å²) < 4.78 is 12.5. The van der Waals surface area contributed by atoms with Gasteiger partial charge in [0.1, 0.15) is 0 Å². The summed E-state index contributed by atoms with van der Waals surface area (Å²) in [7, 11) is 0. The lowest BCUT2D eigenvalue weighted by Gasteiger charge is -2.41. The van der Waals surface area contributed by atoms with Gasteiger partial charge in [-0.05, 0) is 43.7 Å². The Morgan fingerprint density at radius 3 is 2.27 bits per heavy atom. The van der Waals surface area contributed by atoms with Gasteiger partial charge in [0.2, 0.25) is 0 Å². The lowest BCUT2D eigenvalue weighted by atomic mass is 9.71. The van der Waals surface area contributed by atoms with Gasteiger partial charge in [-0.3, -0.25) is 0 Å². The minimum absolute atomic E-state index is 0. The van der Waals surface area contributed by atoms with Crippen LogP contribution in [0.5, 0.6) is 0 Å². The van der Waals surface area contributed by atoms with Gasteiger partial charge in [0, 0.05) is 19.4 Å². The van der Waals surface area contributed by atoms with Crippen LogP contribution >= 0.6 is 0 Å². The van der Waals surface area contributed by atoms with E-state index in [0.29, 0.717) is 5.41 Å². The molecule has 4 heteroatoms. The third kappa shape index (κ3) is 4.92. The Kier molecular flexibility index (Phi) is 7.31. The summed E-state index contributed by atoms with van der Waals surface area (Å²) in [6.07, 6.45) is 6.10. The molecule has 22 heavy (non-hydrogen) atoms. The molecule has 1 saturated carbocycles. The highest BCUT2D eigenvalue weighted by Gasteiger charge is 2.45. The van der Waals surface area contributed by atoms with Crippen molar-refractivity contribution in [1.82, 2.24) is 11.1 Å². The van der Waals surface area contributed by atoms with E-state index in [9.17, 15) is 0 Å². The summed E-state index contributed by atoms with van der Waals surface area (Å²) in [5.41, 5.74) is 0.416. The third-order valence-electron chi connectivity index (χ3n) is 5.33. The molecule has 1 atom stereocenters. The van der Waals surface area contributed by atoms with E-state index in [2.05, 4.69) is 39.5 Å². The van der Waals surface area contributed by atoms with Gasteiger partial charge in [-0.25, -0.2) is 0 Å². The Labute approximate surface area is 137 Å². The lowest BCUT2D eigenvalue weighted by Crippen LogP contribution is -2.40. The predicted molar refractivity (Wildman–Crippen MR) is 92.4 cm³/mol. The number of rotatable bonds is 5. The van der Waals surface area contributed by atoms with Crippen molar-refractivity contribution in [1.29, 1.82) is 0 Å². The van der Waals surface area contributed by atoms with Crippen LogP contribution < -0.4 is 6.15 Å². The number of likely N-dealkylation sites (N-methyl/N-ethyl adjacent to an activating group) is 1. The van der Waals surface area contributed by atoms with E-state index >= 15 is 0 Å². The maximum absolute atomic E-state index is 6.37. The highest BCUT2D eigenvalue weighted by molar-refractivity contribution is 4.89. The summed E-state index contributed by atoms with van der Waals surface area (Å²) >= 11 is 0. The van der Waals surface area contributed by atoms with Gasteiger partial charge >= 0.3 is 0 Å². The van der Waals surface area contributed by atoms with E-state index in [-0.39, 0.29) is 18.0 Å². The number of nitrogens with zero attached hydrogens (tertiary/aromatic N) is 1. The molecule has 132 valence electrons. The average molecular weight is 315 g/mol. The van der Waals surface area contributed by atoms with E-state index in [4.69, 9.17) is 9.47 Å². The SMILES string of the molecule is CCCN(CC)CC1COC2(CCC(C(C)(C)C)CC2)O1.N. The molecule has 1 spiro atoms. The van der Waals surface area contributed by atoms with Crippen LogP contribution in [0.1, 0.15) is 66.7 Å². The number of hydrogen-bond acceptors (Lipinski definition) is 4. The van der Waals surface area contributed by atoms with Crippen molar-refractivity contribution in [2.75, 3.05) is 26.2 Å². The van der Waals surface area contributed by atoms with E-state index in [1.54, 1.807) is 0 Å². The van der Waals surface area contributed by atoms with E-state index < -0.39 is 0 Å². The van der Waals surface area contributed by atoms with Crippen LogP contribution in [-0.4, -0.2) is 43.0 Å². The van der Waals surface area contributed by atoms with Gasteiger partial charge in [-0.15, -0.1) is 0 Å². The third-order valence-corrected chi connectivity index (χ3v) is 5.33. The first-order chi connectivity index (χ1) is 9.88. The quantitative estimate of drug-likeness (QED) is 0.825. The molecule has 0 aromatic rings.